The highest BCUT2D eigenvalue weighted by molar-refractivity contribution is 5.94. The van der Waals surface area contributed by atoms with E-state index in [9.17, 15) is 4.79 Å². The second-order valence-corrected chi connectivity index (χ2v) is 8.29. The molecule has 4 nitrogen and oxygen atoms in total. The fourth-order valence-electron chi connectivity index (χ4n) is 3.94. The van der Waals surface area contributed by atoms with E-state index in [0.29, 0.717) is 5.56 Å². The molecule has 1 N–H and O–H groups in total. The van der Waals surface area contributed by atoms with Gasteiger partial charge in [0.25, 0.3) is 5.91 Å². The van der Waals surface area contributed by atoms with Crippen molar-refractivity contribution in [1.82, 2.24) is 14.9 Å². The van der Waals surface area contributed by atoms with Crippen LogP contribution in [-0.4, -0.2) is 15.5 Å². The lowest BCUT2D eigenvalue weighted by atomic mass is 10.1. The molecule has 0 aliphatic heterocycles. The van der Waals surface area contributed by atoms with Crippen LogP contribution in [0.2, 0.25) is 0 Å². The third-order valence-corrected chi connectivity index (χ3v) is 5.72. The van der Waals surface area contributed by atoms with Gasteiger partial charge in [-0.25, -0.2) is 4.98 Å². The van der Waals surface area contributed by atoms with Gasteiger partial charge in [0.2, 0.25) is 0 Å². The summed E-state index contributed by atoms with van der Waals surface area (Å²) in [6.45, 7) is 7.24. The molecule has 0 spiro atoms. The monoisotopic (exact) mass is 405 g/mol. The molecule has 1 aromatic heterocycles. The van der Waals surface area contributed by atoms with E-state index < -0.39 is 0 Å². The smallest absolute Gasteiger partial charge is 0.251 e. The molecular weight excluding hydrogens is 370 g/mol. The number of carbonyl (C=O) groups excluding carboxylic acids is 1. The van der Waals surface area contributed by atoms with Gasteiger partial charge in [-0.3, -0.25) is 4.79 Å². The molecule has 1 amide bonds. The Morgan fingerprint density at radius 3 is 2.37 bits per heavy atom. The molecule has 0 fully saturated rings. The molecule has 4 heteroatoms. The molecule has 1 heterocycles. The number of hydrogen-bond acceptors (Lipinski definition) is 2. The topological polar surface area (TPSA) is 46.9 Å². The van der Waals surface area contributed by atoms with Crippen molar-refractivity contribution >= 4 is 16.9 Å². The lowest BCUT2D eigenvalue weighted by Gasteiger charge is -2.16. The highest BCUT2D eigenvalue weighted by Gasteiger charge is 2.18. The average Bonchev–Trinajstić information content (AvgIpc) is 3.12. The van der Waals surface area contributed by atoms with Crippen LogP contribution in [0.4, 0.5) is 0 Å². The predicted octanol–water partition coefficient (Wildman–Crippen LogP) is 6.59. The first-order chi connectivity index (χ1) is 14.6. The van der Waals surface area contributed by atoms with E-state index in [2.05, 4.69) is 35.0 Å². The van der Waals surface area contributed by atoms with E-state index in [-0.39, 0.29) is 11.9 Å². The van der Waals surface area contributed by atoms with Gasteiger partial charge in [0.05, 0.1) is 17.1 Å². The van der Waals surface area contributed by atoms with Gasteiger partial charge >= 0.3 is 0 Å². The molecule has 0 radical (unpaired) electrons. The van der Waals surface area contributed by atoms with Crippen LogP contribution in [-0.2, 0) is 6.54 Å². The summed E-state index contributed by atoms with van der Waals surface area (Å²) in [5.41, 5.74) is 3.97. The van der Waals surface area contributed by atoms with Crippen molar-refractivity contribution < 1.29 is 4.79 Å². The molecule has 3 aromatic rings. The lowest BCUT2D eigenvalue weighted by Crippen LogP contribution is -2.28. The van der Waals surface area contributed by atoms with E-state index in [0.717, 1.165) is 35.4 Å². The maximum atomic E-state index is 12.7. The molecule has 0 aliphatic rings. The van der Waals surface area contributed by atoms with Gasteiger partial charge in [0.1, 0.15) is 5.82 Å². The van der Waals surface area contributed by atoms with E-state index in [1.165, 1.54) is 38.5 Å². The Labute approximate surface area is 180 Å². The number of benzene rings is 2. The molecule has 0 saturated carbocycles. The Hall–Kier alpha value is -2.62. The Kier molecular flexibility index (Phi) is 8.06. The van der Waals surface area contributed by atoms with Crippen LogP contribution in [0.1, 0.15) is 86.6 Å². The summed E-state index contributed by atoms with van der Waals surface area (Å²) in [5.74, 6) is 0.875. The Morgan fingerprint density at radius 1 is 0.967 bits per heavy atom. The predicted molar refractivity (Wildman–Crippen MR) is 125 cm³/mol. The molecule has 160 valence electrons. The van der Waals surface area contributed by atoms with Gasteiger partial charge in [-0.1, -0.05) is 75.3 Å². The minimum absolute atomic E-state index is 0.0583. The number of hydrogen-bond donors (Lipinski definition) is 1. The minimum Gasteiger partial charge on any atom is -0.342 e. The molecule has 0 aliphatic carbocycles. The number of nitrogens with zero attached hydrogens (tertiary/aromatic N) is 2. The molecule has 1 unspecified atom stereocenters. The molecular formula is C26H35N3O. The summed E-state index contributed by atoms with van der Waals surface area (Å²) >= 11 is 0. The first-order valence-corrected chi connectivity index (χ1v) is 11.4. The minimum atomic E-state index is -0.157. The largest absolute Gasteiger partial charge is 0.342 e. The number of nitrogens with one attached hydrogen (secondary N) is 1. The van der Waals surface area contributed by atoms with Crippen molar-refractivity contribution in [3.05, 3.63) is 65.5 Å². The van der Waals surface area contributed by atoms with E-state index in [1.807, 2.05) is 44.2 Å². The zero-order valence-electron chi connectivity index (χ0n) is 18.7. The third kappa shape index (κ3) is 5.71. The molecule has 2 aromatic carbocycles. The van der Waals surface area contributed by atoms with Gasteiger partial charge in [-0.2, -0.15) is 0 Å². The summed E-state index contributed by atoms with van der Waals surface area (Å²) in [5, 5.41) is 3.14. The summed E-state index contributed by atoms with van der Waals surface area (Å²) < 4.78 is 2.29. The number of carbonyl (C=O) groups is 1. The quantitative estimate of drug-likeness (QED) is 0.366. The molecule has 3 rings (SSSR count). The first-order valence-electron chi connectivity index (χ1n) is 11.4. The molecule has 0 saturated heterocycles. The normalized spacial score (nSPS) is 12.2. The summed E-state index contributed by atoms with van der Waals surface area (Å²) in [4.78, 5) is 17.6. The van der Waals surface area contributed by atoms with E-state index in [1.54, 1.807) is 0 Å². The number of aromatic nitrogens is 2. The zero-order valence-corrected chi connectivity index (χ0v) is 18.7. The van der Waals surface area contributed by atoms with E-state index >= 15 is 0 Å². The van der Waals surface area contributed by atoms with Gasteiger partial charge in [0, 0.05) is 12.1 Å². The van der Waals surface area contributed by atoms with Crippen LogP contribution in [0.3, 0.4) is 0 Å². The number of amides is 1. The zero-order chi connectivity index (χ0) is 21.3. The highest BCUT2D eigenvalue weighted by atomic mass is 16.1. The van der Waals surface area contributed by atoms with Crippen molar-refractivity contribution in [3.8, 4) is 0 Å². The van der Waals surface area contributed by atoms with Crippen molar-refractivity contribution in [2.75, 3.05) is 0 Å². The SMILES string of the molecule is CCCCCCCCCn1c(C(C)NC(=O)c2ccc(C)cc2)nc2ccccc21. The first kappa shape index (κ1) is 22.1. The second-order valence-electron chi connectivity index (χ2n) is 8.29. The van der Waals surface area contributed by atoms with Crippen LogP contribution in [0, 0.1) is 6.92 Å². The van der Waals surface area contributed by atoms with Crippen LogP contribution in [0.5, 0.6) is 0 Å². The summed E-state index contributed by atoms with van der Waals surface area (Å²) in [6, 6.07) is 15.8. The third-order valence-electron chi connectivity index (χ3n) is 5.72. The number of fused-ring (bicyclic) bond motifs is 1. The summed E-state index contributed by atoms with van der Waals surface area (Å²) in [6.07, 6.45) is 8.97. The Bertz CT molecular complexity index is 943. The van der Waals surface area contributed by atoms with Gasteiger partial charge in [0.15, 0.2) is 0 Å². The molecule has 1 atom stereocenters. The fraction of sp³-hybridized carbons (Fsp3) is 0.462. The molecule has 30 heavy (non-hydrogen) atoms. The second kappa shape index (κ2) is 11.0. The van der Waals surface area contributed by atoms with Crippen LogP contribution < -0.4 is 5.32 Å². The van der Waals surface area contributed by atoms with Crippen LogP contribution >= 0.6 is 0 Å². The maximum absolute atomic E-state index is 12.7. The number of imidazole rings is 1. The highest BCUT2D eigenvalue weighted by Crippen LogP contribution is 2.22. The summed E-state index contributed by atoms with van der Waals surface area (Å²) in [7, 11) is 0. The van der Waals surface area contributed by atoms with Crippen molar-refractivity contribution in [3.63, 3.8) is 0 Å². The van der Waals surface area contributed by atoms with Crippen molar-refractivity contribution in [2.24, 2.45) is 0 Å². The van der Waals surface area contributed by atoms with Gasteiger partial charge in [-0.05, 0) is 44.5 Å². The van der Waals surface area contributed by atoms with Crippen LogP contribution in [0.15, 0.2) is 48.5 Å². The van der Waals surface area contributed by atoms with Crippen molar-refractivity contribution in [2.45, 2.75) is 78.3 Å². The lowest BCUT2D eigenvalue weighted by molar-refractivity contribution is 0.0937. The fourth-order valence-corrected chi connectivity index (χ4v) is 3.94. The number of para-hydroxylation sites is 2. The Balaban J connectivity index is 1.68. The van der Waals surface area contributed by atoms with E-state index in [4.69, 9.17) is 4.98 Å². The number of unbranched alkanes of at least 4 members (excludes halogenated alkanes) is 6. The van der Waals surface area contributed by atoms with Crippen LogP contribution in [0.25, 0.3) is 11.0 Å². The molecule has 0 bridgehead atoms. The van der Waals surface area contributed by atoms with Crippen molar-refractivity contribution in [1.29, 1.82) is 0 Å². The maximum Gasteiger partial charge on any atom is 0.251 e. The Morgan fingerprint density at radius 2 is 1.63 bits per heavy atom. The van der Waals surface area contributed by atoms with Gasteiger partial charge in [-0.15, -0.1) is 0 Å². The van der Waals surface area contributed by atoms with Gasteiger partial charge < -0.3 is 9.88 Å². The number of rotatable bonds is 11. The average molecular weight is 406 g/mol. The standard InChI is InChI=1S/C26H35N3O/c1-4-5-6-7-8-9-12-19-29-24-14-11-10-13-23(24)28-25(29)21(3)27-26(30)22-17-15-20(2)16-18-22/h10-11,13-18,21H,4-9,12,19H2,1-3H3,(H,27,30). The number of aryl methyl sites for hydroxylation is 2.